The lowest BCUT2D eigenvalue weighted by Crippen LogP contribution is -2.37. The van der Waals surface area contributed by atoms with Crippen molar-refractivity contribution in [1.29, 1.82) is 0 Å². The van der Waals surface area contributed by atoms with E-state index in [9.17, 15) is 13.6 Å². The first-order chi connectivity index (χ1) is 9.39. The fraction of sp³-hybridized carbons (Fsp3) is 0.533. The Hall–Kier alpha value is -1.65. The van der Waals surface area contributed by atoms with Gasteiger partial charge in [0.15, 0.2) is 0 Å². The fourth-order valence-electron chi connectivity index (χ4n) is 2.61. The molecule has 1 fully saturated rings. The predicted octanol–water partition coefficient (Wildman–Crippen LogP) is 3.05. The predicted molar refractivity (Wildman–Crippen MR) is 74.2 cm³/mol. The molecule has 0 spiro atoms. The van der Waals surface area contributed by atoms with Crippen LogP contribution in [0.5, 0.6) is 0 Å². The van der Waals surface area contributed by atoms with Gasteiger partial charge >= 0.3 is 0 Å². The summed E-state index contributed by atoms with van der Waals surface area (Å²) in [5.41, 5.74) is 7.37. The van der Waals surface area contributed by atoms with Gasteiger partial charge in [-0.2, -0.15) is 0 Å². The maximum atomic E-state index is 13.1. The van der Waals surface area contributed by atoms with Gasteiger partial charge in [-0.3, -0.25) is 4.79 Å². The molecular formula is C15H20F2N2O. The molecule has 1 amide bonds. The summed E-state index contributed by atoms with van der Waals surface area (Å²) < 4.78 is 26.2. The van der Waals surface area contributed by atoms with Crippen LogP contribution in [-0.2, 0) is 11.3 Å². The summed E-state index contributed by atoms with van der Waals surface area (Å²) in [6, 6.07) is 7.36. The molecule has 1 aliphatic rings. The van der Waals surface area contributed by atoms with Crippen LogP contribution in [0.4, 0.5) is 14.5 Å². The summed E-state index contributed by atoms with van der Waals surface area (Å²) in [5, 5.41) is 0. The number of halogens is 2. The van der Waals surface area contributed by atoms with E-state index in [1.807, 2.05) is 18.2 Å². The molecule has 0 heterocycles. The Bertz CT molecular complexity index is 481. The van der Waals surface area contributed by atoms with E-state index in [0.717, 1.165) is 5.56 Å². The summed E-state index contributed by atoms with van der Waals surface area (Å²) >= 11 is 0. The molecule has 1 saturated carbocycles. The normalized spacial score (nSPS) is 18.8. The lowest BCUT2D eigenvalue weighted by atomic mass is 9.86. The van der Waals surface area contributed by atoms with E-state index in [4.69, 9.17) is 5.73 Å². The average Bonchev–Trinajstić information content (AvgIpc) is 2.40. The number of carbonyl (C=O) groups excluding carboxylic acids is 1. The highest BCUT2D eigenvalue weighted by Gasteiger charge is 2.38. The minimum Gasteiger partial charge on any atom is -0.398 e. The summed E-state index contributed by atoms with van der Waals surface area (Å²) in [7, 11) is 1.70. The quantitative estimate of drug-likeness (QED) is 0.866. The van der Waals surface area contributed by atoms with Crippen molar-refractivity contribution in [3.63, 3.8) is 0 Å². The van der Waals surface area contributed by atoms with Crippen LogP contribution < -0.4 is 5.73 Å². The molecule has 0 saturated heterocycles. The highest BCUT2D eigenvalue weighted by Crippen LogP contribution is 2.36. The molecule has 1 aliphatic carbocycles. The Balaban J connectivity index is 1.94. The summed E-state index contributed by atoms with van der Waals surface area (Å²) in [4.78, 5) is 13.8. The average molecular weight is 282 g/mol. The number of hydrogen-bond acceptors (Lipinski definition) is 2. The van der Waals surface area contributed by atoms with E-state index in [1.54, 1.807) is 18.0 Å². The van der Waals surface area contributed by atoms with Crippen molar-refractivity contribution in [2.75, 3.05) is 12.8 Å². The van der Waals surface area contributed by atoms with Crippen molar-refractivity contribution >= 4 is 11.6 Å². The maximum absolute atomic E-state index is 13.1. The second-order valence-corrected chi connectivity index (χ2v) is 5.52. The minimum atomic E-state index is -2.60. The molecule has 1 aromatic rings. The van der Waals surface area contributed by atoms with Crippen LogP contribution in [0.15, 0.2) is 24.3 Å². The van der Waals surface area contributed by atoms with Crippen molar-refractivity contribution < 1.29 is 13.6 Å². The summed E-state index contributed by atoms with van der Waals surface area (Å²) in [5.74, 6) is -2.95. The number of nitrogens with zero attached hydrogens (tertiary/aromatic N) is 1. The van der Waals surface area contributed by atoms with Crippen LogP contribution in [-0.4, -0.2) is 23.8 Å². The first kappa shape index (κ1) is 14.8. The SMILES string of the molecule is CN(Cc1ccccc1N)C(=O)C1CCC(F)(F)CC1. The number of carbonyl (C=O) groups is 1. The second kappa shape index (κ2) is 5.77. The number of nitrogen functional groups attached to an aromatic ring is 1. The molecule has 0 radical (unpaired) electrons. The van der Waals surface area contributed by atoms with Gasteiger partial charge in [0.05, 0.1) is 0 Å². The van der Waals surface area contributed by atoms with Gasteiger partial charge in [-0.25, -0.2) is 8.78 Å². The summed E-state index contributed by atoms with van der Waals surface area (Å²) in [6.07, 6.45) is 0.149. The molecule has 0 aliphatic heterocycles. The number of nitrogens with two attached hydrogens (primary N) is 1. The number of rotatable bonds is 3. The van der Waals surface area contributed by atoms with Gasteiger partial charge in [-0.05, 0) is 24.5 Å². The molecule has 2 rings (SSSR count). The van der Waals surface area contributed by atoms with E-state index < -0.39 is 5.92 Å². The topological polar surface area (TPSA) is 46.3 Å². The molecule has 20 heavy (non-hydrogen) atoms. The third-order valence-electron chi connectivity index (χ3n) is 3.91. The number of benzene rings is 1. The Morgan fingerprint density at radius 3 is 2.55 bits per heavy atom. The lowest BCUT2D eigenvalue weighted by molar-refractivity contribution is -0.138. The minimum absolute atomic E-state index is 0.0660. The standard InChI is InChI=1S/C15H20F2N2O/c1-19(10-12-4-2-3-5-13(12)18)14(20)11-6-8-15(16,17)9-7-11/h2-5,11H,6-10,18H2,1H3. The molecular weight excluding hydrogens is 262 g/mol. The molecule has 0 bridgehead atoms. The van der Waals surface area contributed by atoms with Crippen LogP contribution in [0, 0.1) is 5.92 Å². The van der Waals surface area contributed by atoms with Gasteiger partial charge in [0.1, 0.15) is 0 Å². The smallest absolute Gasteiger partial charge is 0.248 e. The molecule has 2 N–H and O–H groups in total. The van der Waals surface area contributed by atoms with E-state index in [2.05, 4.69) is 0 Å². The zero-order valence-corrected chi connectivity index (χ0v) is 11.6. The lowest BCUT2D eigenvalue weighted by Gasteiger charge is -2.30. The van der Waals surface area contributed by atoms with Gasteiger partial charge in [0.25, 0.3) is 0 Å². The molecule has 5 heteroatoms. The van der Waals surface area contributed by atoms with Crippen molar-refractivity contribution in [2.45, 2.75) is 38.2 Å². The van der Waals surface area contributed by atoms with Crippen molar-refractivity contribution in [3.05, 3.63) is 29.8 Å². The van der Waals surface area contributed by atoms with Gasteiger partial charge < -0.3 is 10.6 Å². The summed E-state index contributed by atoms with van der Waals surface area (Å²) in [6.45, 7) is 0.415. The molecule has 0 unspecified atom stereocenters. The van der Waals surface area contributed by atoms with E-state index in [-0.39, 0.29) is 37.5 Å². The molecule has 0 atom stereocenters. The second-order valence-electron chi connectivity index (χ2n) is 5.52. The first-order valence-electron chi connectivity index (χ1n) is 6.85. The Morgan fingerprint density at radius 2 is 1.95 bits per heavy atom. The Morgan fingerprint density at radius 1 is 1.35 bits per heavy atom. The van der Waals surface area contributed by atoms with Gasteiger partial charge in [0, 0.05) is 38.0 Å². The monoisotopic (exact) mass is 282 g/mol. The largest absolute Gasteiger partial charge is 0.398 e. The number of hydrogen-bond donors (Lipinski definition) is 1. The van der Waals surface area contributed by atoms with Crippen LogP contribution in [0.3, 0.4) is 0 Å². The van der Waals surface area contributed by atoms with Gasteiger partial charge in [-0.15, -0.1) is 0 Å². The first-order valence-corrected chi connectivity index (χ1v) is 6.85. The maximum Gasteiger partial charge on any atom is 0.248 e. The number of para-hydroxylation sites is 1. The van der Waals surface area contributed by atoms with Crippen LogP contribution in [0.1, 0.15) is 31.2 Å². The zero-order chi connectivity index (χ0) is 14.8. The third-order valence-corrected chi connectivity index (χ3v) is 3.91. The van der Waals surface area contributed by atoms with Gasteiger partial charge in [0.2, 0.25) is 11.8 Å². The molecule has 0 aromatic heterocycles. The van der Waals surface area contributed by atoms with Crippen molar-refractivity contribution in [2.24, 2.45) is 5.92 Å². The molecule has 110 valence electrons. The van der Waals surface area contributed by atoms with Crippen molar-refractivity contribution in [1.82, 2.24) is 4.90 Å². The fourth-order valence-corrected chi connectivity index (χ4v) is 2.61. The molecule has 3 nitrogen and oxygen atoms in total. The van der Waals surface area contributed by atoms with E-state index >= 15 is 0 Å². The highest BCUT2D eigenvalue weighted by molar-refractivity contribution is 5.78. The highest BCUT2D eigenvalue weighted by atomic mass is 19.3. The third kappa shape index (κ3) is 3.46. The van der Waals surface area contributed by atoms with Crippen LogP contribution >= 0.6 is 0 Å². The number of alkyl halides is 2. The van der Waals surface area contributed by atoms with Crippen LogP contribution in [0.2, 0.25) is 0 Å². The molecule has 1 aromatic carbocycles. The number of anilines is 1. The Kier molecular flexibility index (Phi) is 4.26. The van der Waals surface area contributed by atoms with E-state index in [1.165, 1.54) is 0 Å². The zero-order valence-electron chi connectivity index (χ0n) is 11.6. The Labute approximate surface area is 117 Å². The van der Waals surface area contributed by atoms with E-state index in [0.29, 0.717) is 12.2 Å². The number of amides is 1. The van der Waals surface area contributed by atoms with Crippen molar-refractivity contribution in [3.8, 4) is 0 Å². The van der Waals surface area contributed by atoms with Gasteiger partial charge in [-0.1, -0.05) is 18.2 Å². The van der Waals surface area contributed by atoms with Crippen LogP contribution in [0.25, 0.3) is 0 Å².